The fourth-order valence-corrected chi connectivity index (χ4v) is 2.69. The van der Waals surface area contributed by atoms with Gasteiger partial charge in [0.25, 0.3) is 0 Å². The molecule has 27 heavy (non-hydrogen) atoms. The number of benzene rings is 2. The number of esters is 2. The van der Waals surface area contributed by atoms with Crippen LogP contribution in [0.25, 0.3) is 0 Å². The molecule has 8 heteroatoms. The molecular weight excluding hydrogens is 484 g/mol. The molecule has 0 unspecified atom stereocenters. The second kappa shape index (κ2) is 10.2. The van der Waals surface area contributed by atoms with Crippen LogP contribution in [-0.4, -0.2) is 33.7 Å². The molecule has 0 aromatic heterocycles. The first-order valence-corrected chi connectivity index (χ1v) is 10.1. The van der Waals surface area contributed by atoms with Crippen molar-refractivity contribution in [2.45, 2.75) is 12.3 Å². The summed E-state index contributed by atoms with van der Waals surface area (Å²) in [5, 5.41) is 9.44. The van der Waals surface area contributed by atoms with E-state index in [0.717, 1.165) is 11.1 Å². The van der Waals surface area contributed by atoms with Gasteiger partial charge >= 0.3 is 17.9 Å². The zero-order valence-electron chi connectivity index (χ0n) is 14.1. The number of hydrogen-bond donors (Lipinski definition) is 1. The Morgan fingerprint density at radius 3 is 1.44 bits per heavy atom. The molecule has 0 aliphatic carbocycles. The lowest BCUT2D eigenvalue weighted by Gasteiger charge is -2.17. The van der Waals surface area contributed by atoms with Gasteiger partial charge in [0.15, 0.2) is 0 Å². The minimum atomic E-state index is -0.940. The van der Waals surface area contributed by atoms with Crippen molar-refractivity contribution in [2.75, 3.05) is 10.7 Å². The van der Waals surface area contributed by atoms with E-state index in [1.165, 1.54) is 0 Å². The fraction of sp³-hybridized carbons (Fsp3) is 0.211. The third kappa shape index (κ3) is 6.48. The van der Waals surface area contributed by atoms with E-state index in [0.29, 0.717) is 11.5 Å². The average molecular weight is 500 g/mol. The molecule has 0 radical (unpaired) electrons. The van der Waals surface area contributed by atoms with Gasteiger partial charge in [0.1, 0.15) is 22.2 Å². The van der Waals surface area contributed by atoms with Crippen molar-refractivity contribution >= 4 is 49.8 Å². The summed E-state index contributed by atoms with van der Waals surface area (Å²) < 4.78 is 10.2. The monoisotopic (exact) mass is 498 g/mol. The van der Waals surface area contributed by atoms with Crippen molar-refractivity contribution in [1.29, 1.82) is 0 Å². The second-order valence-electron chi connectivity index (χ2n) is 5.50. The largest absolute Gasteiger partial charge is 0.481 e. The molecule has 0 atom stereocenters. The van der Waals surface area contributed by atoms with E-state index in [2.05, 4.69) is 31.9 Å². The van der Waals surface area contributed by atoms with Gasteiger partial charge < -0.3 is 14.6 Å². The van der Waals surface area contributed by atoms with Gasteiger partial charge in [-0.1, -0.05) is 56.1 Å². The normalized spacial score (nSPS) is 10.5. The molecule has 0 aliphatic heterocycles. The Kier molecular flexibility index (Phi) is 7.99. The van der Waals surface area contributed by atoms with E-state index in [1.54, 1.807) is 48.5 Å². The number of carbonyl (C=O) groups excluding carboxylic acids is 2. The van der Waals surface area contributed by atoms with Crippen LogP contribution >= 0.6 is 31.9 Å². The van der Waals surface area contributed by atoms with Crippen molar-refractivity contribution < 1.29 is 29.0 Å². The number of rotatable bonds is 8. The van der Waals surface area contributed by atoms with Gasteiger partial charge in [-0.3, -0.25) is 14.4 Å². The Bertz CT molecular complexity index is 740. The Morgan fingerprint density at radius 2 is 1.15 bits per heavy atom. The molecule has 0 saturated heterocycles. The van der Waals surface area contributed by atoms with E-state index in [9.17, 15) is 19.5 Å². The van der Waals surface area contributed by atoms with Crippen LogP contribution in [0.4, 0.5) is 0 Å². The number of aliphatic carboxylic acids is 1. The summed E-state index contributed by atoms with van der Waals surface area (Å²) in [4.78, 5) is 33.9. The van der Waals surface area contributed by atoms with Crippen LogP contribution < -0.4 is 9.47 Å². The molecule has 0 fully saturated rings. The predicted molar refractivity (Wildman–Crippen MR) is 106 cm³/mol. The maximum Gasteiger partial charge on any atom is 0.321 e. The minimum Gasteiger partial charge on any atom is -0.481 e. The molecule has 142 valence electrons. The number of carboxylic acid groups (broad SMARTS) is 1. The van der Waals surface area contributed by atoms with Crippen molar-refractivity contribution in [1.82, 2.24) is 0 Å². The standard InChI is InChI=1S/C19H16Br2O6/c20-10-18(24)26-14-5-1-12(2-6-14)16(9-17(22)23)13-3-7-15(8-4-13)27-19(25)11-21/h1-8,16H,9-11H2,(H,22,23). The molecule has 6 nitrogen and oxygen atoms in total. The first-order valence-electron chi connectivity index (χ1n) is 7.88. The second-order valence-corrected chi connectivity index (χ2v) is 6.63. The zero-order chi connectivity index (χ0) is 19.8. The molecule has 1 N–H and O–H groups in total. The minimum absolute atomic E-state index is 0.0857. The lowest BCUT2D eigenvalue weighted by Crippen LogP contribution is -2.10. The van der Waals surface area contributed by atoms with Crippen molar-refractivity contribution in [3.8, 4) is 11.5 Å². The van der Waals surface area contributed by atoms with Crippen LogP contribution in [0.5, 0.6) is 11.5 Å². The molecule has 0 heterocycles. The van der Waals surface area contributed by atoms with Crippen molar-refractivity contribution in [3.63, 3.8) is 0 Å². The summed E-state index contributed by atoms with van der Waals surface area (Å²) in [6.07, 6.45) is -0.110. The number of ether oxygens (including phenoxy) is 2. The molecule has 0 saturated carbocycles. The zero-order valence-corrected chi connectivity index (χ0v) is 17.2. The highest BCUT2D eigenvalue weighted by Gasteiger charge is 2.18. The Morgan fingerprint density at radius 1 is 0.778 bits per heavy atom. The van der Waals surface area contributed by atoms with Crippen LogP contribution in [0.3, 0.4) is 0 Å². The Hall–Kier alpha value is -2.19. The van der Waals surface area contributed by atoms with Crippen molar-refractivity contribution in [3.05, 3.63) is 59.7 Å². The summed E-state index contributed by atoms with van der Waals surface area (Å²) in [6, 6.07) is 13.4. The van der Waals surface area contributed by atoms with Gasteiger partial charge in [-0.2, -0.15) is 0 Å². The molecule has 0 bridgehead atoms. The summed E-state index contributed by atoms with van der Waals surface area (Å²) in [6.45, 7) is 0. The number of halogens is 2. The lowest BCUT2D eigenvalue weighted by molar-refractivity contribution is -0.137. The molecule has 2 aromatic carbocycles. The molecule has 0 amide bonds. The summed E-state index contributed by atoms with van der Waals surface area (Å²) in [5.74, 6) is -1.41. The van der Waals surface area contributed by atoms with Gasteiger partial charge in [0.05, 0.1) is 6.42 Å². The molecule has 0 aliphatic rings. The summed E-state index contributed by atoms with van der Waals surface area (Å²) in [7, 11) is 0. The average Bonchev–Trinajstić information content (AvgIpc) is 2.67. The van der Waals surface area contributed by atoms with Gasteiger partial charge in [0, 0.05) is 5.92 Å². The third-order valence-corrected chi connectivity index (χ3v) is 4.54. The molecule has 0 spiro atoms. The quantitative estimate of drug-likeness (QED) is 0.336. The first-order chi connectivity index (χ1) is 12.9. The first kappa shape index (κ1) is 21.1. The van der Waals surface area contributed by atoms with E-state index in [4.69, 9.17) is 9.47 Å². The van der Waals surface area contributed by atoms with Crippen LogP contribution in [0, 0.1) is 0 Å². The Labute approximate surface area is 172 Å². The lowest BCUT2D eigenvalue weighted by atomic mass is 9.88. The Balaban J connectivity index is 2.23. The summed E-state index contributed by atoms with van der Waals surface area (Å²) in [5.41, 5.74) is 1.53. The SMILES string of the molecule is O=C(O)CC(c1ccc(OC(=O)CBr)cc1)c1ccc(OC(=O)CBr)cc1. The molecule has 2 aromatic rings. The maximum atomic E-state index is 11.3. The number of carbonyl (C=O) groups is 3. The van der Waals surface area contributed by atoms with Gasteiger partial charge in [0.2, 0.25) is 0 Å². The smallest absolute Gasteiger partial charge is 0.321 e. The van der Waals surface area contributed by atoms with Gasteiger partial charge in [-0.25, -0.2) is 0 Å². The van der Waals surface area contributed by atoms with Crippen LogP contribution in [0.2, 0.25) is 0 Å². The van der Waals surface area contributed by atoms with Crippen LogP contribution in [0.1, 0.15) is 23.5 Å². The number of carboxylic acids is 1. The number of hydrogen-bond acceptors (Lipinski definition) is 5. The topological polar surface area (TPSA) is 89.9 Å². The summed E-state index contributed by atoms with van der Waals surface area (Å²) >= 11 is 6.04. The van der Waals surface area contributed by atoms with E-state index in [-0.39, 0.29) is 17.1 Å². The van der Waals surface area contributed by atoms with Crippen LogP contribution in [-0.2, 0) is 14.4 Å². The maximum absolute atomic E-state index is 11.3. The third-order valence-electron chi connectivity index (χ3n) is 3.63. The predicted octanol–water partition coefficient (Wildman–Crippen LogP) is 3.89. The highest BCUT2D eigenvalue weighted by Crippen LogP contribution is 2.30. The fourth-order valence-electron chi connectivity index (χ4n) is 2.46. The van der Waals surface area contributed by atoms with E-state index in [1.807, 2.05) is 0 Å². The van der Waals surface area contributed by atoms with E-state index < -0.39 is 23.8 Å². The van der Waals surface area contributed by atoms with Gasteiger partial charge in [-0.05, 0) is 35.4 Å². The van der Waals surface area contributed by atoms with E-state index >= 15 is 0 Å². The van der Waals surface area contributed by atoms with Gasteiger partial charge in [-0.15, -0.1) is 0 Å². The molecule has 2 rings (SSSR count). The van der Waals surface area contributed by atoms with Crippen molar-refractivity contribution in [2.24, 2.45) is 0 Å². The number of alkyl halides is 2. The van der Waals surface area contributed by atoms with Crippen LogP contribution in [0.15, 0.2) is 48.5 Å². The molecular formula is C19H16Br2O6. The highest BCUT2D eigenvalue weighted by molar-refractivity contribution is 9.09. The highest BCUT2D eigenvalue weighted by atomic mass is 79.9.